The predicted molar refractivity (Wildman–Crippen MR) is 102 cm³/mol. The maximum absolute atomic E-state index is 14.9. The largest absolute Gasteiger partial charge is 0.477 e. The van der Waals surface area contributed by atoms with E-state index in [-0.39, 0.29) is 28.2 Å². The number of hydrogen-bond donors (Lipinski definition) is 2. The van der Waals surface area contributed by atoms with Gasteiger partial charge in [-0.15, -0.1) is 0 Å². The number of pyridine rings is 2. The molecule has 1 aliphatic heterocycles. The van der Waals surface area contributed by atoms with E-state index >= 15 is 0 Å². The van der Waals surface area contributed by atoms with E-state index in [2.05, 4.69) is 4.98 Å². The van der Waals surface area contributed by atoms with Gasteiger partial charge in [0.15, 0.2) is 0 Å². The summed E-state index contributed by atoms with van der Waals surface area (Å²) < 4.78 is 16.3. The molecule has 0 aliphatic carbocycles. The number of fused-ring (bicyclic) bond motifs is 1. The molecule has 1 aliphatic rings. The molecular formula is C19H15ClFN3O4. The van der Waals surface area contributed by atoms with Crippen LogP contribution in [0.25, 0.3) is 16.7 Å². The quantitative estimate of drug-likeness (QED) is 0.697. The van der Waals surface area contributed by atoms with Gasteiger partial charge in [-0.05, 0) is 24.6 Å². The van der Waals surface area contributed by atoms with E-state index in [0.29, 0.717) is 18.8 Å². The van der Waals surface area contributed by atoms with Gasteiger partial charge in [0.2, 0.25) is 5.43 Å². The normalized spacial score (nSPS) is 16.7. The summed E-state index contributed by atoms with van der Waals surface area (Å²) in [5, 5.41) is 19.0. The lowest BCUT2D eigenvalue weighted by atomic mass is 10.1. The Morgan fingerprint density at radius 1 is 1.36 bits per heavy atom. The standard InChI is InChI=1S/C19H15ClFN3O4/c20-15-16-11(7-13(21)17(15)23-6-4-10(25)8-23)18(26)12(19(27)28)9-24(16)14-3-1-2-5-22-14/h1-3,5,7,9-10,25H,4,6,8H2,(H,27,28). The summed E-state index contributed by atoms with van der Waals surface area (Å²) in [6.07, 6.45) is 2.52. The Morgan fingerprint density at radius 2 is 2.14 bits per heavy atom. The number of aliphatic hydroxyl groups excluding tert-OH is 1. The topological polar surface area (TPSA) is 95.7 Å². The summed E-state index contributed by atoms with van der Waals surface area (Å²) >= 11 is 6.54. The minimum absolute atomic E-state index is 0.0382. The fourth-order valence-electron chi connectivity index (χ4n) is 3.47. The number of benzene rings is 1. The van der Waals surface area contributed by atoms with Crippen LogP contribution in [-0.2, 0) is 0 Å². The van der Waals surface area contributed by atoms with Gasteiger partial charge in [-0.3, -0.25) is 9.36 Å². The first-order chi connectivity index (χ1) is 13.4. The number of rotatable bonds is 3. The first-order valence-electron chi connectivity index (χ1n) is 8.53. The molecule has 4 rings (SSSR count). The smallest absolute Gasteiger partial charge is 0.341 e. The summed E-state index contributed by atoms with van der Waals surface area (Å²) in [4.78, 5) is 30.0. The lowest BCUT2D eigenvalue weighted by molar-refractivity contribution is 0.0695. The Hall–Kier alpha value is -2.97. The van der Waals surface area contributed by atoms with E-state index < -0.39 is 28.9 Å². The van der Waals surface area contributed by atoms with Gasteiger partial charge >= 0.3 is 5.97 Å². The Kier molecular flexibility index (Phi) is 4.52. The first kappa shape index (κ1) is 18.4. The second-order valence-corrected chi connectivity index (χ2v) is 6.92. The lowest BCUT2D eigenvalue weighted by Crippen LogP contribution is -2.24. The molecule has 0 spiro atoms. The van der Waals surface area contributed by atoms with Crippen molar-refractivity contribution < 1.29 is 19.4 Å². The summed E-state index contributed by atoms with van der Waals surface area (Å²) in [5.41, 5.74) is -1.12. The van der Waals surface area contributed by atoms with Crippen molar-refractivity contribution in [2.75, 3.05) is 18.0 Å². The Bertz CT molecular complexity index is 1150. The summed E-state index contributed by atoms with van der Waals surface area (Å²) in [6.45, 7) is 0.619. The van der Waals surface area contributed by atoms with Crippen molar-refractivity contribution in [1.29, 1.82) is 0 Å². The molecule has 9 heteroatoms. The van der Waals surface area contributed by atoms with Crippen LogP contribution in [0, 0.1) is 5.82 Å². The third kappa shape index (κ3) is 2.90. The number of hydrogen-bond acceptors (Lipinski definition) is 5. The molecule has 0 amide bonds. The number of aliphatic hydroxyl groups is 1. The molecule has 1 saturated heterocycles. The molecular weight excluding hydrogens is 389 g/mol. The number of carbonyl (C=O) groups is 1. The number of carboxylic acid groups (broad SMARTS) is 1. The van der Waals surface area contributed by atoms with E-state index in [0.717, 1.165) is 12.3 Å². The highest BCUT2D eigenvalue weighted by Gasteiger charge is 2.28. The summed E-state index contributed by atoms with van der Waals surface area (Å²) in [5.74, 6) is -1.85. The molecule has 3 aromatic rings. The number of carboxylic acids is 1. The maximum atomic E-state index is 14.9. The minimum atomic E-state index is -1.43. The number of aromatic carboxylic acids is 1. The van der Waals surface area contributed by atoms with Crippen molar-refractivity contribution in [3.05, 3.63) is 63.3 Å². The van der Waals surface area contributed by atoms with Gasteiger partial charge in [0.25, 0.3) is 0 Å². The molecule has 7 nitrogen and oxygen atoms in total. The number of anilines is 1. The molecule has 0 radical (unpaired) electrons. The second-order valence-electron chi connectivity index (χ2n) is 6.54. The Labute approximate surface area is 163 Å². The molecule has 1 fully saturated rings. The van der Waals surface area contributed by atoms with Crippen LogP contribution in [0.3, 0.4) is 0 Å². The van der Waals surface area contributed by atoms with E-state index in [1.165, 1.54) is 10.8 Å². The van der Waals surface area contributed by atoms with E-state index in [1.807, 2.05) is 0 Å². The SMILES string of the molecule is O=C(O)c1cn(-c2ccccn2)c2c(Cl)c(N3CCC(O)C3)c(F)cc2c1=O. The van der Waals surface area contributed by atoms with Crippen LogP contribution in [0.2, 0.25) is 5.02 Å². The highest BCUT2D eigenvalue weighted by Crippen LogP contribution is 2.37. The zero-order valence-corrected chi connectivity index (χ0v) is 15.2. The van der Waals surface area contributed by atoms with Gasteiger partial charge in [0, 0.05) is 25.5 Å². The van der Waals surface area contributed by atoms with Gasteiger partial charge in [-0.1, -0.05) is 17.7 Å². The fraction of sp³-hybridized carbons (Fsp3) is 0.211. The van der Waals surface area contributed by atoms with Crippen LogP contribution in [0.5, 0.6) is 0 Å². The first-order valence-corrected chi connectivity index (χ1v) is 8.91. The van der Waals surface area contributed by atoms with Crippen molar-refractivity contribution >= 4 is 34.2 Å². The molecule has 0 bridgehead atoms. The van der Waals surface area contributed by atoms with Gasteiger partial charge < -0.3 is 15.1 Å². The minimum Gasteiger partial charge on any atom is -0.477 e. The highest BCUT2D eigenvalue weighted by atomic mass is 35.5. The van der Waals surface area contributed by atoms with Crippen molar-refractivity contribution in [2.24, 2.45) is 0 Å². The van der Waals surface area contributed by atoms with Gasteiger partial charge in [0.1, 0.15) is 17.2 Å². The van der Waals surface area contributed by atoms with Crippen LogP contribution >= 0.6 is 11.6 Å². The van der Waals surface area contributed by atoms with Crippen LogP contribution < -0.4 is 10.3 Å². The Morgan fingerprint density at radius 3 is 2.75 bits per heavy atom. The zero-order chi connectivity index (χ0) is 20.0. The monoisotopic (exact) mass is 403 g/mol. The van der Waals surface area contributed by atoms with Gasteiger partial charge in [-0.2, -0.15) is 0 Å². The molecule has 2 N–H and O–H groups in total. The molecule has 2 aromatic heterocycles. The van der Waals surface area contributed by atoms with Crippen LogP contribution in [0.4, 0.5) is 10.1 Å². The van der Waals surface area contributed by atoms with Gasteiger partial charge in [-0.25, -0.2) is 14.2 Å². The van der Waals surface area contributed by atoms with Crippen molar-refractivity contribution in [1.82, 2.24) is 9.55 Å². The van der Waals surface area contributed by atoms with Crippen LogP contribution in [0.15, 0.2) is 41.5 Å². The highest BCUT2D eigenvalue weighted by molar-refractivity contribution is 6.38. The van der Waals surface area contributed by atoms with Crippen molar-refractivity contribution in [2.45, 2.75) is 12.5 Å². The molecule has 1 atom stereocenters. The molecule has 1 unspecified atom stereocenters. The van der Waals surface area contributed by atoms with E-state index in [9.17, 15) is 24.2 Å². The predicted octanol–water partition coefficient (Wildman–Crippen LogP) is 2.45. The molecule has 3 heterocycles. The average Bonchev–Trinajstić information content (AvgIpc) is 3.09. The Balaban J connectivity index is 2.10. The van der Waals surface area contributed by atoms with Gasteiger partial charge in [0.05, 0.1) is 27.7 Å². The van der Waals surface area contributed by atoms with Crippen molar-refractivity contribution in [3.63, 3.8) is 0 Å². The zero-order valence-electron chi connectivity index (χ0n) is 14.5. The number of halogens is 2. The molecule has 28 heavy (non-hydrogen) atoms. The average molecular weight is 404 g/mol. The van der Waals surface area contributed by atoms with E-state index in [4.69, 9.17) is 11.6 Å². The molecule has 0 saturated carbocycles. The molecule has 144 valence electrons. The van der Waals surface area contributed by atoms with Crippen LogP contribution in [0.1, 0.15) is 16.8 Å². The summed E-state index contributed by atoms with van der Waals surface area (Å²) in [7, 11) is 0. The van der Waals surface area contributed by atoms with Crippen molar-refractivity contribution in [3.8, 4) is 5.82 Å². The van der Waals surface area contributed by atoms with Crippen LogP contribution in [-0.4, -0.2) is 44.9 Å². The molecule has 1 aromatic carbocycles. The number of aromatic nitrogens is 2. The fourth-order valence-corrected chi connectivity index (χ4v) is 3.87. The third-order valence-corrected chi connectivity index (χ3v) is 5.12. The lowest BCUT2D eigenvalue weighted by Gasteiger charge is -2.22. The summed E-state index contributed by atoms with van der Waals surface area (Å²) in [6, 6.07) is 6.00. The number of β-amino-alcohol motifs (C(OH)–C–C–N with tert-alkyl or cyclic N) is 1. The number of nitrogens with zero attached hydrogens (tertiary/aromatic N) is 3. The van der Waals surface area contributed by atoms with E-state index in [1.54, 1.807) is 23.1 Å². The second kappa shape index (κ2) is 6.88. The third-order valence-electron chi connectivity index (χ3n) is 4.76. The maximum Gasteiger partial charge on any atom is 0.341 e.